The number of hydrogen-bond donors (Lipinski definition) is 3. The van der Waals surface area contributed by atoms with E-state index >= 15 is 0 Å². The molecule has 0 atom stereocenters. The van der Waals surface area contributed by atoms with Crippen LogP contribution < -0.4 is 10.2 Å². The molecule has 3 aromatic rings. The van der Waals surface area contributed by atoms with Crippen molar-refractivity contribution in [1.82, 2.24) is 25.1 Å². The molecule has 0 spiro atoms. The maximum Gasteiger partial charge on any atom is 0.418 e. The van der Waals surface area contributed by atoms with E-state index in [1.807, 2.05) is 7.05 Å². The Morgan fingerprint density at radius 1 is 1.15 bits per heavy atom. The zero-order chi connectivity index (χ0) is 23.4. The maximum atomic E-state index is 13.9. The number of allylic oxidation sites excluding steroid dienone is 1. The van der Waals surface area contributed by atoms with Gasteiger partial charge < -0.3 is 20.5 Å². The van der Waals surface area contributed by atoms with Crippen molar-refractivity contribution in [3.63, 3.8) is 0 Å². The van der Waals surface area contributed by atoms with E-state index in [9.17, 15) is 13.2 Å². The van der Waals surface area contributed by atoms with E-state index in [0.29, 0.717) is 43.1 Å². The molecule has 0 amide bonds. The molecule has 172 valence electrons. The number of aromatic nitrogens is 4. The number of H-pyrrole nitrogens is 1. The molecule has 3 heterocycles. The number of hydrogen-bond acceptors (Lipinski definition) is 7. The first kappa shape index (κ1) is 22.5. The quantitative estimate of drug-likeness (QED) is 0.485. The lowest BCUT2D eigenvalue weighted by Crippen LogP contribution is -2.45. The van der Waals surface area contributed by atoms with Gasteiger partial charge in [0.15, 0.2) is 0 Å². The Hall–Kier alpha value is -3.73. The molecule has 0 saturated carbocycles. The first-order chi connectivity index (χ1) is 15.8. The normalized spacial score (nSPS) is 15.2. The minimum absolute atomic E-state index is 0.163. The largest absolute Gasteiger partial charge is 0.418 e. The Bertz CT molecular complexity index is 1150. The van der Waals surface area contributed by atoms with Crippen LogP contribution in [-0.4, -0.2) is 64.5 Å². The highest BCUT2D eigenvalue weighted by atomic mass is 19.4. The van der Waals surface area contributed by atoms with Gasteiger partial charge in [0.25, 0.3) is 0 Å². The summed E-state index contributed by atoms with van der Waals surface area (Å²) in [7, 11) is 1.96. The van der Waals surface area contributed by atoms with Crippen molar-refractivity contribution in [1.29, 1.82) is 5.41 Å². The second-order valence-corrected chi connectivity index (χ2v) is 7.63. The summed E-state index contributed by atoms with van der Waals surface area (Å²) in [5.74, 6) is 0.163. The summed E-state index contributed by atoms with van der Waals surface area (Å²) in [6.45, 7) is 2.50. The van der Waals surface area contributed by atoms with Gasteiger partial charge >= 0.3 is 6.18 Å². The SMILES string of the molecule is CN1CCN(c2ccc(Nc3nccc(-c4cn[nH]c4/C=C\C=N)n3)cc2C(F)(F)F)CC1. The molecule has 0 bridgehead atoms. The Morgan fingerprint density at radius 3 is 2.67 bits per heavy atom. The zero-order valence-corrected chi connectivity index (χ0v) is 17.9. The van der Waals surface area contributed by atoms with Crippen molar-refractivity contribution in [3.05, 3.63) is 54.0 Å². The predicted octanol–water partition coefficient (Wildman–Crippen LogP) is 4.04. The minimum Gasteiger partial charge on any atom is -0.368 e. The average Bonchev–Trinajstić information content (AvgIpc) is 3.26. The fraction of sp³-hybridized carbons (Fsp3) is 0.273. The van der Waals surface area contributed by atoms with Crippen LogP contribution in [0, 0.1) is 5.41 Å². The second kappa shape index (κ2) is 9.41. The number of piperazine rings is 1. The van der Waals surface area contributed by atoms with Crippen LogP contribution in [0.25, 0.3) is 17.3 Å². The monoisotopic (exact) mass is 456 g/mol. The number of aromatic amines is 1. The number of likely N-dealkylation sites (N-methyl/N-ethyl adjacent to an activating group) is 1. The minimum atomic E-state index is -4.49. The van der Waals surface area contributed by atoms with Crippen molar-refractivity contribution in [2.45, 2.75) is 6.18 Å². The summed E-state index contributed by atoms with van der Waals surface area (Å²) < 4.78 is 41.6. The third-order valence-corrected chi connectivity index (χ3v) is 5.36. The van der Waals surface area contributed by atoms with Gasteiger partial charge in [-0.25, -0.2) is 9.97 Å². The Labute approximate surface area is 188 Å². The molecule has 1 aliphatic heterocycles. The van der Waals surface area contributed by atoms with Gasteiger partial charge in [-0.1, -0.05) is 0 Å². The van der Waals surface area contributed by atoms with Crippen molar-refractivity contribution < 1.29 is 13.2 Å². The Balaban J connectivity index is 1.61. The molecular weight excluding hydrogens is 433 g/mol. The highest BCUT2D eigenvalue weighted by Crippen LogP contribution is 2.39. The third-order valence-electron chi connectivity index (χ3n) is 5.36. The molecule has 2 aromatic heterocycles. The molecule has 0 radical (unpaired) electrons. The summed E-state index contributed by atoms with van der Waals surface area (Å²) in [6.07, 6.45) is 2.97. The van der Waals surface area contributed by atoms with E-state index in [0.717, 1.165) is 12.3 Å². The smallest absolute Gasteiger partial charge is 0.368 e. The second-order valence-electron chi connectivity index (χ2n) is 7.63. The maximum absolute atomic E-state index is 13.9. The highest BCUT2D eigenvalue weighted by molar-refractivity contribution is 5.79. The first-order valence-corrected chi connectivity index (χ1v) is 10.3. The lowest BCUT2D eigenvalue weighted by molar-refractivity contribution is -0.137. The van der Waals surface area contributed by atoms with Gasteiger partial charge in [-0.05, 0) is 43.5 Å². The van der Waals surface area contributed by atoms with E-state index in [2.05, 4.69) is 30.4 Å². The molecule has 1 saturated heterocycles. The van der Waals surface area contributed by atoms with E-state index < -0.39 is 11.7 Å². The number of anilines is 3. The summed E-state index contributed by atoms with van der Waals surface area (Å²) in [5, 5.41) is 16.8. The van der Waals surface area contributed by atoms with Crippen LogP contribution in [0.1, 0.15) is 11.3 Å². The first-order valence-electron chi connectivity index (χ1n) is 10.3. The average molecular weight is 456 g/mol. The van der Waals surface area contributed by atoms with Crippen molar-refractivity contribution in [3.8, 4) is 11.3 Å². The molecule has 8 nitrogen and oxygen atoms in total. The van der Waals surface area contributed by atoms with Gasteiger partial charge in [-0.2, -0.15) is 18.3 Å². The lowest BCUT2D eigenvalue weighted by Gasteiger charge is -2.35. The molecule has 1 fully saturated rings. The van der Waals surface area contributed by atoms with Crippen LogP contribution in [0.3, 0.4) is 0 Å². The van der Waals surface area contributed by atoms with E-state index in [4.69, 9.17) is 5.41 Å². The van der Waals surface area contributed by atoms with Crippen LogP contribution >= 0.6 is 0 Å². The Kier molecular flexibility index (Phi) is 6.40. The summed E-state index contributed by atoms with van der Waals surface area (Å²) in [6, 6.07) is 5.88. The summed E-state index contributed by atoms with van der Waals surface area (Å²) in [4.78, 5) is 12.4. The van der Waals surface area contributed by atoms with Gasteiger partial charge in [0.2, 0.25) is 5.95 Å². The molecule has 33 heavy (non-hydrogen) atoms. The van der Waals surface area contributed by atoms with E-state index in [1.165, 1.54) is 18.3 Å². The van der Waals surface area contributed by atoms with Gasteiger partial charge in [-0.15, -0.1) is 0 Å². The zero-order valence-electron chi connectivity index (χ0n) is 17.9. The van der Waals surface area contributed by atoms with E-state index in [1.54, 1.807) is 29.3 Å². The molecular formula is C22H23F3N8. The predicted molar refractivity (Wildman–Crippen MR) is 122 cm³/mol. The van der Waals surface area contributed by atoms with Crippen LogP contribution in [0.15, 0.2) is 42.7 Å². The number of rotatable bonds is 6. The number of nitrogens with zero attached hydrogens (tertiary/aromatic N) is 5. The van der Waals surface area contributed by atoms with Crippen LogP contribution in [0.5, 0.6) is 0 Å². The standard InChI is InChI=1S/C22H23F3N8/c1-32-9-11-33(12-10-32)20-5-4-15(13-17(20)22(23,24)25)29-21-27-8-6-18(30-21)16-14-28-31-19(16)3-2-7-26/h2-8,13-14,26H,9-12H2,1H3,(H,28,31)(H,27,29,30)/b3-2-,26-7?. The van der Waals surface area contributed by atoms with Crippen molar-refractivity contribution >= 4 is 29.6 Å². The number of benzene rings is 1. The number of halogens is 3. The van der Waals surface area contributed by atoms with Crippen LogP contribution in [0.2, 0.25) is 0 Å². The lowest BCUT2D eigenvalue weighted by atomic mass is 10.1. The fourth-order valence-corrected chi connectivity index (χ4v) is 3.63. The topological polar surface area (TPSA) is 96.8 Å². The van der Waals surface area contributed by atoms with Crippen LogP contribution in [-0.2, 0) is 6.18 Å². The molecule has 3 N–H and O–H groups in total. The molecule has 4 rings (SSSR count). The van der Waals surface area contributed by atoms with E-state index in [-0.39, 0.29) is 17.3 Å². The van der Waals surface area contributed by atoms with Gasteiger partial charge in [-0.3, -0.25) is 5.10 Å². The number of alkyl halides is 3. The van der Waals surface area contributed by atoms with Gasteiger partial charge in [0, 0.05) is 55.5 Å². The fourth-order valence-electron chi connectivity index (χ4n) is 3.63. The molecule has 1 aliphatic rings. The summed E-state index contributed by atoms with van der Waals surface area (Å²) >= 11 is 0. The number of nitrogens with one attached hydrogen (secondary N) is 3. The third kappa shape index (κ3) is 5.20. The Morgan fingerprint density at radius 2 is 1.94 bits per heavy atom. The summed E-state index contributed by atoms with van der Waals surface area (Å²) in [5.41, 5.74) is 1.60. The molecule has 11 heteroatoms. The van der Waals surface area contributed by atoms with Crippen molar-refractivity contribution in [2.24, 2.45) is 0 Å². The van der Waals surface area contributed by atoms with Gasteiger partial charge in [0.1, 0.15) is 0 Å². The highest BCUT2D eigenvalue weighted by Gasteiger charge is 2.35. The molecule has 0 aliphatic carbocycles. The molecule has 0 unspecified atom stereocenters. The van der Waals surface area contributed by atoms with Gasteiger partial charge in [0.05, 0.1) is 23.1 Å². The van der Waals surface area contributed by atoms with Crippen molar-refractivity contribution in [2.75, 3.05) is 43.4 Å². The van der Waals surface area contributed by atoms with Crippen LogP contribution in [0.4, 0.5) is 30.5 Å². The molecule has 1 aromatic carbocycles.